The minimum atomic E-state index is -0.233. The van der Waals surface area contributed by atoms with Crippen LogP contribution in [0.3, 0.4) is 0 Å². The smallest absolute Gasteiger partial charge is 0.211 e. The molecule has 3 heteroatoms. The van der Waals surface area contributed by atoms with Gasteiger partial charge in [-0.15, -0.1) is 0 Å². The van der Waals surface area contributed by atoms with Crippen LogP contribution in [0.25, 0.3) is 0 Å². The third-order valence-corrected chi connectivity index (χ3v) is 2.58. The van der Waals surface area contributed by atoms with Gasteiger partial charge in [-0.2, -0.15) is 0 Å². The van der Waals surface area contributed by atoms with E-state index in [1.165, 1.54) is 0 Å². The summed E-state index contributed by atoms with van der Waals surface area (Å²) in [6.45, 7) is 6.10. The highest BCUT2D eigenvalue weighted by molar-refractivity contribution is 5.21. The van der Waals surface area contributed by atoms with Gasteiger partial charge in [0.1, 0.15) is 0 Å². The zero-order valence-electron chi connectivity index (χ0n) is 9.43. The first-order chi connectivity index (χ1) is 6.91. The highest BCUT2D eigenvalue weighted by atomic mass is 16.6. The molecule has 82 valence electrons. The van der Waals surface area contributed by atoms with Crippen LogP contribution in [0.15, 0.2) is 30.3 Å². The molecule has 0 heterocycles. The monoisotopic (exact) mass is 207 g/mol. The van der Waals surface area contributed by atoms with Crippen molar-refractivity contribution in [2.45, 2.75) is 26.7 Å². The number of nitro groups is 1. The maximum Gasteiger partial charge on any atom is 0.211 e. The SMILES string of the molecule is CC(C)(C)[C@@H](C[N+](=O)[O-])c1ccccc1. The van der Waals surface area contributed by atoms with Gasteiger partial charge in [-0.3, -0.25) is 10.1 Å². The van der Waals surface area contributed by atoms with Gasteiger partial charge >= 0.3 is 0 Å². The summed E-state index contributed by atoms with van der Waals surface area (Å²) >= 11 is 0. The Labute approximate surface area is 90.3 Å². The fourth-order valence-corrected chi connectivity index (χ4v) is 1.71. The molecule has 0 spiro atoms. The molecule has 1 atom stereocenters. The molecule has 1 aromatic carbocycles. The summed E-state index contributed by atoms with van der Waals surface area (Å²) in [5.41, 5.74) is 0.954. The van der Waals surface area contributed by atoms with E-state index in [1.54, 1.807) is 0 Å². The number of rotatable bonds is 3. The molecule has 0 saturated carbocycles. The van der Waals surface area contributed by atoms with Crippen molar-refractivity contribution >= 4 is 0 Å². The lowest BCUT2D eigenvalue weighted by Crippen LogP contribution is -2.25. The van der Waals surface area contributed by atoms with E-state index >= 15 is 0 Å². The molecule has 0 aliphatic carbocycles. The Morgan fingerprint density at radius 2 is 1.80 bits per heavy atom. The van der Waals surface area contributed by atoms with Crippen molar-refractivity contribution in [2.75, 3.05) is 6.54 Å². The van der Waals surface area contributed by atoms with Gasteiger partial charge in [-0.25, -0.2) is 0 Å². The largest absolute Gasteiger partial charge is 0.265 e. The molecule has 0 amide bonds. The lowest BCUT2D eigenvalue weighted by Gasteiger charge is -2.27. The molecule has 0 radical (unpaired) electrons. The molecule has 15 heavy (non-hydrogen) atoms. The number of hydrogen-bond acceptors (Lipinski definition) is 2. The third kappa shape index (κ3) is 3.35. The summed E-state index contributed by atoms with van der Waals surface area (Å²) in [5, 5.41) is 10.6. The van der Waals surface area contributed by atoms with Crippen molar-refractivity contribution in [3.8, 4) is 0 Å². The Morgan fingerprint density at radius 1 is 1.27 bits per heavy atom. The van der Waals surface area contributed by atoms with E-state index < -0.39 is 0 Å². The average Bonchev–Trinajstić information content (AvgIpc) is 2.14. The summed E-state index contributed by atoms with van der Waals surface area (Å²) in [5.74, 6) is -0.0336. The zero-order chi connectivity index (χ0) is 11.5. The van der Waals surface area contributed by atoms with Crippen molar-refractivity contribution < 1.29 is 4.92 Å². The van der Waals surface area contributed by atoms with E-state index in [0.717, 1.165) is 5.56 Å². The van der Waals surface area contributed by atoms with Gasteiger partial charge in [0.2, 0.25) is 6.54 Å². The molecule has 3 nitrogen and oxygen atoms in total. The summed E-state index contributed by atoms with van der Waals surface area (Å²) in [7, 11) is 0. The van der Waals surface area contributed by atoms with Crippen LogP contribution in [0.1, 0.15) is 32.3 Å². The summed E-state index contributed by atoms with van der Waals surface area (Å²) in [6, 6.07) is 9.69. The maximum absolute atomic E-state index is 10.6. The first kappa shape index (κ1) is 11.7. The minimum absolute atomic E-state index is 0.00644. The molecule has 0 N–H and O–H groups in total. The molecular formula is C12H17NO2. The lowest BCUT2D eigenvalue weighted by atomic mass is 9.76. The molecule has 0 aliphatic rings. The number of nitrogens with zero attached hydrogens (tertiary/aromatic N) is 1. The number of hydrogen-bond donors (Lipinski definition) is 0. The standard InChI is InChI=1S/C12H17NO2/c1-12(2,3)11(9-13(14)15)10-7-5-4-6-8-10/h4-8,11H,9H2,1-3H3/t11-/m0/s1. The second kappa shape index (κ2) is 4.43. The van der Waals surface area contributed by atoms with E-state index in [9.17, 15) is 10.1 Å². The Hall–Kier alpha value is -1.38. The van der Waals surface area contributed by atoms with Crippen LogP contribution in [0, 0.1) is 15.5 Å². The molecular weight excluding hydrogens is 190 g/mol. The molecule has 0 fully saturated rings. The average molecular weight is 207 g/mol. The first-order valence-corrected chi connectivity index (χ1v) is 5.08. The first-order valence-electron chi connectivity index (χ1n) is 5.08. The summed E-state index contributed by atoms with van der Waals surface area (Å²) < 4.78 is 0. The van der Waals surface area contributed by atoms with Crippen molar-refractivity contribution in [1.82, 2.24) is 0 Å². The van der Waals surface area contributed by atoms with E-state index in [4.69, 9.17) is 0 Å². The minimum Gasteiger partial charge on any atom is -0.265 e. The third-order valence-electron chi connectivity index (χ3n) is 2.58. The fourth-order valence-electron chi connectivity index (χ4n) is 1.71. The van der Waals surface area contributed by atoms with Crippen LogP contribution in [0.2, 0.25) is 0 Å². The maximum atomic E-state index is 10.6. The van der Waals surface area contributed by atoms with E-state index in [1.807, 2.05) is 51.1 Å². The van der Waals surface area contributed by atoms with Gasteiger partial charge in [-0.1, -0.05) is 51.1 Å². The van der Waals surface area contributed by atoms with Crippen LogP contribution in [0.5, 0.6) is 0 Å². The van der Waals surface area contributed by atoms with Crippen molar-refractivity contribution in [2.24, 2.45) is 5.41 Å². The predicted molar refractivity (Wildman–Crippen MR) is 60.5 cm³/mol. The highest BCUT2D eigenvalue weighted by Crippen LogP contribution is 2.34. The molecule has 0 saturated heterocycles. The van der Waals surface area contributed by atoms with Crippen molar-refractivity contribution in [1.29, 1.82) is 0 Å². The van der Waals surface area contributed by atoms with E-state index in [2.05, 4.69) is 0 Å². The molecule has 1 aromatic rings. The van der Waals surface area contributed by atoms with Crippen molar-refractivity contribution in [3.05, 3.63) is 46.0 Å². The quantitative estimate of drug-likeness (QED) is 0.564. The predicted octanol–water partition coefficient (Wildman–Crippen LogP) is 3.09. The van der Waals surface area contributed by atoms with Gasteiger partial charge < -0.3 is 0 Å². The Bertz CT molecular complexity index is 327. The second-order valence-electron chi connectivity index (χ2n) is 4.84. The number of benzene rings is 1. The van der Waals surface area contributed by atoms with Gasteiger partial charge in [0, 0.05) is 4.92 Å². The molecule has 0 aromatic heterocycles. The van der Waals surface area contributed by atoms with Crippen LogP contribution < -0.4 is 0 Å². The molecule has 0 bridgehead atoms. The molecule has 1 rings (SSSR count). The van der Waals surface area contributed by atoms with Crippen molar-refractivity contribution in [3.63, 3.8) is 0 Å². The summed E-state index contributed by atoms with van der Waals surface area (Å²) in [6.07, 6.45) is 0. The second-order valence-corrected chi connectivity index (χ2v) is 4.84. The Kier molecular flexibility index (Phi) is 3.45. The molecule has 0 aliphatic heterocycles. The van der Waals surface area contributed by atoms with Crippen LogP contribution in [0.4, 0.5) is 0 Å². The van der Waals surface area contributed by atoms with E-state index in [-0.39, 0.29) is 22.8 Å². The van der Waals surface area contributed by atoms with E-state index in [0.29, 0.717) is 0 Å². The fraction of sp³-hybridized carbons (Fsp3) is 0.500. The van der Waals surface area contributed by atoms with Crippen LogP contribution in [-0.4, -0.2) is 11.5 Å². The molecule has 0 unspecified atom stereocenters. The van der Waals surface area contributed by atoms with Crippen LogP contribution >= 0.6 is 0 Å². The zero-order valence-corrected chi connectivity index (χ0v) is 9.43. The van der Waals surface area contributed by atoms with Gasteiger partial charge in [-0.05, 0) is 11.0 Å². The van der Waals surface area contributed by atoms with Gasteiger partial charge in [0.25, 0.3) is 0 Å². The normalized spacial score (nSPS) is 13.5. The Morgan fingerprint density at radius 3 is 2.20 bits per heavy atom. The topological polar surface area (TPSA) is 43.1 Å². The van der Waals surface area contributed by atoms with Gasteiger partial charge in [0.05, 0.1) is 5.92 Å². The van der Waals surface area contributed by atoms with Gasteiger partial charge in [0.15, 0.2) is 0 Å². The summed E-state index contributed by atoms with van der Waals surface area (Å²) in [4.78, 5) is 10.4. The highest BCUT2D eigenvalue weighted by Gasteiger charge is 2.30. The lowest BCUT2D eigenvalue weighted by molar-refractivity contribution is -0.486. The van der Waals surface area contributed by atoms with Crippen LogP contribution in [-0.2, 0) is 0 Å². The Balaban J connectivity index is 2.97.